The highest BCUT2D eigenvalue weighted by Crippen LogP contribution is 2.39. The summed E-state index contributed by atoms with van der Waals surface area (Å²) >= 11 is 0. The number of likely N-dealkylation sites (tertiary alicyclic amines) is 1. The van der Waals surface area contributed by atoms with E-state index in [-0.39, 0.29) is 26.0 Å². The van der Waals surface area contributed by atoms with Crippen molar-refractivity contribution in [3.8, 4) is 22.9 Å². The zero-order valence-corrected chi connectivity index (χ0v) is 20.4. The Bertz CT molecular complexity index is 1320. The van der Waals surface area contributed by atoms with Gasteiger partial charge in [-0.05, 0) is 47.4 Å². The van der Waals surface area contributed by atoms with E-state index >= 15 is 0 Å². The maximum Gasteiger partial charge on any atom is 0.324 e. The van der Waals surface area contributed by atoms with Crippen LogP contribution in [-0.2, 0) is 16.1 Å². The molecule has 2 atom stereocenters. The fourth-order valence-corrected chi connectivity index (χ4v) is 4.56. The van der Waals surface area contributed by atoms with Gasteiger partial charge in [0.2, 0.25) is 5.91 Å². The highest BCUT2D eigenvalue weighted by atomic mass is 16.5. The van der Waals surface area contributed by atoms with Crippen molar-refractivity contribution >= 4 is 17.9 Å². The second-order valence-corrected chi connectivity index (χ2v) is 9.33. The molecule has 0 bridgehead atoms. The summed E-state index contributed by atoms with van der Waals surface area (Å²) < 4.78 is 5.94. The van der Waals surface area contributed by atoms with Crippen LogP contribution in [0.1, 0.15) is 30.9 Å². The molecular formula is C29H27N3O5. The van der Waals surface area contributed by atoms with Gasteiger partial charge in [0.15, 0.2) is 0 Å². The van der Waals surface area contributed by atoms with Crippen molar-refractivity contribution in [1.29, 1.82) is 5.26 Å². The molecule has 1 fully saturated rings. The summed E-state index contributed by atoms with van der Waals surface area (Å²) in [6.45, 7) is 1.85. The molecule has 0 spiro atoms. The number of carboxylic acid groups (broad SMARTS) is 1. The van der Waals surface area contributed by atoms with Gasteiger partial charge < -0.3 is 15.2 Å². The molecule has 4 rings (SSSR count). The van der Waals surface area contributed by atoms with E-state index in [9.17, 15) is 19.5 Å². The van der Waals surface area contributed by atoms with Gasteiger partial charge in [-0.15, -0.1) is 0 Å². The second-order valence-electron chi connectivity index (χ2n) is 9.33. The molecule has 0 aliphatic carbocycles. The Balaban J connectivity index is 1.45. The van der Waals surface area contributed by atoms with Crippen LogP contribution in [0.15, 0.2) is 78.9 Å². The zero-order valence-electron chi connectivity index (χ0n) is 20.4. The third-order valence-electron chi connectivity index (χ3n) is 6.48. The van der Waals surface area contributed by atoms with Crippen molar-refractivity contribution in [3.05, 3.63) is 90.0 Å². The minimum atomic E-state index is -1.20. The van der Waals surface area contributed by atoms with Crippen LogP contribution in [0, 0.1) is 16.7 Å². The summed E-state index contributed by atoms with van der Waals surface area (Å²) in [6.07, 6.45) is -0.190. The van der Waals surface area contributed by atoms with Crippen molar-refractivity contribution < 1.29 is 24.2 Å². The minimum Gasteiger partial charge on any atom is -0.491 e. The summed E-state index contributed by atoms with van der Waals surface area (Å²) in [4.78, 5) is 38.8. The first kappa shape index (κ1) is 25.5. The monoisotopic (exact) mass is 497 g/mol. The maximum atomic E-state index is 13.2. The second kappa shape index (κ2) is 11.0. The van der Waals surface area contributed by atoms with Crippen molar-refractivity contribution in [3.63, 3.8) is 0 Å². The number of amides is 3. The normalized spacial score (nSPS) is 18.8. The third-order valence-corrected chi connectivity index (χ3v) is 6.48. The highest BCUT2D eigenvalue weighted by Gasteiger charge is 2.52. The van der Waals surface area contributed by atoms with Gasteiger partial charge in [-0.25, -0.2) is 4.79 Å². The minimum absolute atomic E-state index is 0.0376. The number of carbonyl (C=O) groups excluding carboxylic acids is 2. The first-order valence-electron chi connectivity index (χ1n) is 11.9. The molecule has 188 valence electrons. The van der Waals surface area contributed by atoms with E-state index in [0.29, 0.717) is 11.3 Å². The SMILES string of the molecule is C[C@@]1(CC(=O)O)C[C@@H](COc2ccc(-c3ccc(C#N)cc3)cc2)N(C(=O)NCc2ccccc2)C1=O. The van der Waals surface area contributed by atoms with E-state index in [4.69, 9.17) is 10.00 Å². The van der Waals surface area contributed by atoms with Crippen LogP contribution < -0.4 is 10.1 Å². The summed E-state index contributed by atoms with van der Waals surface area (Å²) in [7, 11) is 0. The van der Waals surface area contributed by atoms with Gasteiger partial charge in [0.25, 0.3) is 0 Å². The summed E-state index contributed by atoms with van der Waals surface area (Å²) in [5, 5.41) is 21.1. The quantitative estimate of drug-likeness (QED) is 0.470. The van der Waals surface area contributed by atoms with Crippen LogP contribution in [0.3, 0.4) is 0 Å². The van der Waals surface area contributed by atoms with Crippen LogP contribution in [0.2, 0.25) is 0 Å². The molecule has 2 N–H and O–H groups in total. The van der Waals surface area contributed by atoms with Crippen LogP contribution in [0.4, 0.5) is 4.79 Å². The Morgan fingerprint density at radius 3 is 2.27 bits per heavy atom. The number of carboxylic acids is 1. The van der Waals surface area contributed by atoms with Gasteiger partial charge in [-0.3, -0.25) is 14.5 Å². The van der Waals surface area contributed by atoms with E-state index in [2.05, 4.69) is 11.4 Å². The maximum absolute atomic E-state index is 13.2. The van der Waals surface area contributed by atoms with E-state index < -0.39 is 29.4 Å². The van der Waals surface area contributed by atoms with Crippen LogP contribution in [0.5, 0.6) is 5.75 Å². The lowest BCUT2D eigenvalue weighted by atomic mass is 9.84. The molecule has 37 heavy (non-hydrogen) atoms. The largest absolute Gasteiger partial charge is 0.491 e. The van der Waals surface area contributed by atoms with Crippen molar-refractivity contribution in [2.24, 2.45) is 5.41 Å². The molecule has 3 aromatic carbocycles. The first-order chi connectivity index (χ1) is 17.8. The van der Waals surface area contributed by atoms with Gasteiger partial charge >= 0.3 is 12.0 Å². The lowest BCUT2D eigenvalue weighted by Crippen LogP contribution is -2.48. The molecule has 3 amide bonds. The van der Waals surface area contributed by atoms with Crippen molar-refractivity contribution in [1.82, 2.24) is 10.2 Å². The van der Waals surface area contributed by atoms with Gasteiger partial charge in [0.05, 0.1) is 29.5 Å². The lowest BCUT2D eigenvalue weighted by molar-refractivity contribution is -0.145. The molecule has 0 unspecified atom stereocenters. The number of urea groups is 1. The fraction of sp³-hybridized carbons (Fsp3) is 0.241. The summed E-state index contributed by atoms with van der Waals surface area (Å²) in [6, 6.07) is 24.8. The van der Waals surface area contributed by atoms with Crippen molar-refractivity contribution in [2.45, 2.75) is 32.4 Å². The van der Waals surface area contributed by atoms with E-state index in [1.54, 1.807) is 31.2 Å². The topological polar surface area (TPSA) is 120 Å². The first-order valence-corrected chi connectivity index (χ1v) is 11.9. The smallest absolute Gasteiger partial charge is 0.324 e. The number of aliphatic carboxylic acids is 1. The van der Waals surface area contributed by atoms with E-state index in [1.807, 2.05) is 54.6 Å². The average molecular weight is 498 g/mol. The Morgan fingerprint density at radius 2 is 1.68 bits per heavy atom. The number of hydrogen-bond acceptors (Lipinski definition) is 5. The van der Waals surface area contributed by atoms with Gasteiger partial charge in [-0.2, -0.15) is 5.26 Å². The van der Waals surface area contributed by atoms with Gasteiger partial charge in [0, 0.05) is 6.54 Å². The third kappa shape index (κ3) is 5.96. The molecule has 0 radical (unpaired) electrons. The zero-order chi connectivity index (χ0) is 26.4. The van der Waals surface area contributed by atoms with Crippen LogP contribution in [-0.4, -0.2) is 40.6 Å². The number of benzene rings is 3. The molecule has 1 aliphatic heterocycles. The Kier molecular flexibility index (Phi) is 7.54. The highest BCUT2D eigenvalue weighted by molar-refractivity contribution is 6.00. The number of nitrogens with zero attached hydrogens (tertiary/aromatic N) is 2. The van der Waals surface area contributed by atoms with Gasteiger partial charge in [-0.1, -0.05) is 61.5 Å². The molecule has 3 aromatic rings. The molecule has 8 nitrogen and oxygen atoms in total. The Hall–Kier alpha value is -4.64. The Morgan fingerprint density at radius 1 is 1.05 bits per heavy atom. The predicted molar refractivity (Wildman–Crippen MR) is 136 cm³/mol. The molecular weight excluding hydrogens is 470 g/mol. The number of nitriles is 1. The van der Waals surface area contributed by atoms with Gasteiger partial charge in [0.1, 0.15) is 12.4 Å². The van der Waals surface area contributed by atoms with E-state index in [1.165, 1.54) is 0 Å². The predicted octanol–water partition coefficient (Wildman–Crippen LogP) is 4.60. The molecule has 1 saturated heterocycles. The molecule has 8 heteroatoms. The number of carbonyl (C=O) groups is 3. The lowest BCUT2D eigenvalue weighted by Gasteiger charge is -2.24. The number of hydrogen-bond donors (Lipinski definition) is 2. The standard InChI is InChI=1S/C29H27N3O5/c1-29(16-26(33)34)15-24(32(27(29)35)28(36)31-18-21-5-3-2-4-6-21)19-37-25-13-11-23(12-14-25)22-9-7-20(17-30)8-10-22/h2-14,24H,15-16,18-19H2,1H3,(H,31,36)(H,33,34)/t24-,29-/m0/s1. The van der Waals surface area contributed by atoms with Crippen LogP contribution in [0.25, 0.3) is 11.1 Å². The summed E-state index contributed by atoms with van der Waals surface area (Å²) in [5.74, 6) is -1.06. The number of nitrogens with one attached hydrogen (secondary N) is 1. The molecule has 0 aromatic heterocycles. The Labute approximate surface area is 215 Å². The summed E-state index contributed by atoms with van der Waals surface area (Å²) in [5.41, 5.74) is 2.16. The number of rotatable bonds is 8. The number of imide groups is 1. The average Bonchev–Trinajstić information content (AvgIpc) is 3.15. The molecule has 1 heterocycles. The van der Waals surface area contributed by atoms with Crippen molar-refractivity contribution in [2.75, 3.05) is 6.61 Å². The molecule has 0 saturated carbocycles. The van der Waals surface area contributed by atoms with E-state index in [0.717, 1.165) is 21.6 Å². The fourth-order valence-electron chi connectivity index (χ4n) is 4.56. The number of ether oxygens (including phenoxy) is 1. The van der Waals surface area contributed by atoms with Crippen LogP contribution >= 0.6 is 0 Å². The molecule has 1 aliphatic rings.